The molecule has 3 rings (SSSR count). The van der Waals surface area contributed by atoms with Gasteiger partial charge in [0.05, 0.1) is 12.0 Å². The van der Waals surface area contributed by atoms with E-state index in [0.717, 1.165) is 24.3 Å². The summed E-state index contributed by atoms with van der Waals surface area (Å²) in [5, 5.41) is 7.90. The van der Waals surface area contributed by atoms with E-state index in [1.54, 1.807) is 6.92 Å². The molecule has 1 atom stereocenters. The molecular weight excluding hydrogens is 330 g/mol. The van der Waals surface area contributed by atoms with Gasteiger partial charge < -0.3 is 21.0 Å². The van der Waals surface area contributed by atoms with E-state index in [0.29, 0.717) is 6.54 Å². The van der Waals surface area contributed by atoms with Crippen molar-refractivity contribution in [1.29, 1.82) is 0 Å². The van der Waals surface area contributed by atoms with E-state index in [9.17, 15) is 4.79 Å². The number of likely N-dealkylation sites (N-methyl/N-ethyl adjacent to an activating group) is 1. The van der Waals surface area contributed by atoms with Crippen molar-refractivity contribution in [2.45, 2.75) is 19.5 Å². The first-order valence-electron chi connectivity index (χ1n) is 8.57. The molecule has 1 aromatic carbocycles. The normalized spacial score (nSPS) is 21.1. The molecule has 0 radical (unpaired) electrons. The van der Waals surface area contributed by atoms with Gasteiger partial charge in [-0.15, -0.1) is 0 Å². The van der Waals surface area contributed by atoms with E-state index in [2.05, 4.69) is 39.4 Å². The molecule has 3 N–H and O–H groups in total. The van der Waals surface area contributed by atoms with Crippen LogP contribution in [0.25, 0.3) is 0 Å². The summed E-state index contributed by atoms with van der Waals surface area (Å²) in [7, 11) is 4.12. The lowest BCUT2D eigenvalue weighted by atomic mass is 10.0. The van der Waals surface area contributed by atoms with Crippen LogP contribution in [0.2, 0.25) is 0 Å². The number of hydrogen-bond acceptors (Lipinski definition) is 5. The van der Waals surface area contributed by atoms with E-state index in [4.69, 9.17) is 5.73 Å². The lowest BCUT2D eigenvalue weighted by Crippen LogP contribution is -2.42. The zero-order valence-corrected chi connectivity index (χ0v) is 15.4. The number of aliphatic imine (C=N–C) groups is 2. The zero-order valence-electron chi connectivity index (χ0n) is 15.4. The van der Waals surface area contributed by atoms with Crippen LogP contribution in [0.1, 0.15) is 13.3 Å². The zero-order chi connectivity index (χ0) is 18.7. The Morgan fingerprint density at radius 3 is 2.69 bits per heavy atom. The van der Waals surface area contributed by atoms with Crippen LogP contribution in [0.3, 0.4) is 0 Å². The summed E-state index contributed by atoms with van der Waals surface area (Å²) in [6.45, 7) is 3.07. The number of rotatable bonds is 4. The second kappa shape index (κ2) is 7.57. The Bertz CT molecular complexity index is 753. The van der Waals surface area contributed by atoms with Crippen molar-refractivity contribution in [2.24, 2.45) is 15.7 Å². The van der Waals surface area contributed by atoms with Gasteiger partial charge in [-0.25, -0.2) is 9.98 Å². The van der Waals surface area contributed by atoms with Gasteiger partial charge in [-0.05, 0) is 24.3 Å². The molecule has 0 fully saturated rings. The number of nitrogens with zero attached hydrogens (tertiary/aromatic N) is 5. The van der Waals surface area contributed by atoms with Crippen molar-refractivity contribution in [3.05, 3.63) is 35.5 Å². The van der Waals surface area contributed by atoms with Crippen molar-refractivity contribution < 1.29 is 4.79 Å². The summed E-state index contributed by atoms with van der Waals surface area (Å²) < 4.78 is 0. The number of anilines is 1. The highest BCUT2D eigenvalue weighted by molar-refractivity contribution is 5.74. The third kappa shape index (κ3) is 3.55. The Hall–Kier alpha value is -2.87. The molecule has 26 heavy (non-hydrogen) atoms. The lowest BCUT2D eigenvalue weighted by molar-refractivity contribution is -0.128. The molecule has 8 heteroatoms. The molecule has 1 aromatic rings. The molecule has 0 saturated carbocycles. The Morgan fingerprint density at radius 2 is 2.04 bits per heavy atom. The summed E-state index contributed by atoms with van der Waals surface area (Å²) in [4.78, 5) is 21.6. The Kier molecular flexibility index (Phi) is 5.22. The molecular formula is C18H25N7O. The maximum Gasteiger partial charge on any atom is 0.219 e. The Morgan fingerprint density at radius 1 is 1.31 bits per heavy atom. The fourth-order valence-electron chi connectivity index (χ4n) is 3.37. The van der Waals surface area contributed by atoms with Gasteiger partial charge in [-0.2, -0.15) is 5.01 Å². The van der Waals surface area contributed by atoms with E-state index in [-0.39, 0.29) is 12.1 Å². The minimum atomic E-state index is 0.0216. The average molecular weight is 355 g/mol. The Labute approximate surface area is 153 Å². The second-order valence-corrected chi connectivity index (χ2v) is 6.40. The van der Waals surface area contributed by atoms with Crippen LogP contribution in [-0.4, -0.2) is 66.9 Å². The SMILES string of the molecule is CC(=O)N1CCC2=C(C1)C(Nc1ccc(N=CN=CN)cc1)N(C)N2C. The molecule has 8 nitrogen and oxygen atoms in total. The number of carbonyl (C=O) groups is 1. The summed E-state index contributed by atoms with van der Waals surface area (Å²) in [5.74, 6) is 0.120. The quantitative estimate of drug-likeness (QED) is 0.629. The number of nitrogens with two attached hydrogens (primary N) is 1. The average Bonchev–Trinajstić information content (AvgIpc) is 2.88. The van der Waals surface area contributed by atoms with Gasteiger partial charge in [0.1, 0.15) is 12.5 Å². The van der Waals surface area contributed by atoms with Gasteiger partial charge in [0.25, 0.3) is 0 Å². The molecule has 0 spiro atoms. The van der Waals surface area contributed by atoms with Crippen molar-refractivity contribution in [2.75, 3.05) is 32.5 Å². The second-order valence-electron chi connectivity index (χ2n) is 6.40. The van der Waals surface area contributed by atoms with Gasteiger partial charge >= 0.3 is 0 Å². The highest BCUT2D eigenvalue weighted by Crippen LogP contribution is 2.33. The molecule has 2 aliphatic heterocycles. The van der Waals surface area contributed by atoms with Crippen LogP contribution in [0.15, 0.2) is 45.5 Å². The molecule has 0 bridgehead atoms. The first kappa shape index (κ1) is 17.9. The number of benzene rings is 1. The summed E-state index contributed by atoms with van der Waals surface area (Å²) in [6, 6.07) is 7.80. The number of hydrogen-bond donors (Lipinski definition) is 2. The highest BCUT2D eigenvalue weighted by Gasteiger charge is 2.37. The van der Waals surface area contributed by atoms with E-state index >= 15 is 0 Å². The van der Waals surface area contributed by atoms with Crippen LogP contribution in [-0.2, 0) is 4.79 Å². The standard InChI is InChI=1S/C18H25N7O/c1-13(26)25-9-8-17-16(10-25)18(24(3)23(17)2)22-15-6-4-14(5-7-15)21-12-20-11-19/h4-7,11-12,18,22H,8-10H2,1-3H3,(H2,19,20,21). The predicted octanol–water partition coefficient (Wildman–Crippen LogP) is 1.37. The molecule has 1 amide bonds. The van der Waals surface area contributed by atoms with Gasteiger partial charge in [0.15, 0.2) is 0 Å². The Balaban J connectivity index is 1.76. The van der Waals surface area contributed by atoms with Crippen LogP contribution < -0.4 is 11.1 Å². The number of hydrazine groups is 1. The third-order valence-electron chi connectivity index (χ3n) is 4.89. The van der Waals surface area contributed by atoms with Gasteiger partial charge in [-0.3, -0.25) is 4.79 Å². The van der Waals surface area contributed by atoms with Crippen LogP contribution in [0, 0.1) is 0 Å². The molecule has 2 aliphatic rings. The molecule has 138 valence electrons. The van der Waals surface area contributed by atoms with Crippen LogP contribution in [0.5, 0.6) is 0 Å². The number of nitrogens with one attached hydrogen (secondary N) is 1. The van der Waals surface area contributed by atoms with Crippen LogP contribution in [0.4, 0.5) is 11.4 Å². The summed E-state index contributed by atoms with van der Waals surface area (Å²) in [6.07, 6.45) is 3.51. The maximum atomic E-state index is 11.8. The minimum Gasteiger partial charge on any atom is -0.390 e. The number of amides is 1. The topological polar surface area (TPSA) is 89.6 Å². The fraction of sp³-hybridized carbons (Fsp3) is 0.389. The summed E-state index contributed by atoms with van der Waals surface area (Å²) in [5.41, 5.74) is 9.52. The van der Waals surface area contributed by atoms with Crippen molar-refractivity contribution in [3.8, 4) is 0 Å². The number of carbonyl (C=O) groups excluding carboxylic acids is 1. The molecule has 0 aromatic heterocycles. The van der Waals surface area contributed by atoms with Gasteiger partial charge in [0, 0.05) is 57.5 Å². The molecule has 0 aliphatic carbocycles. The van der Waals surface area contributed by atoms with Gasteiger partial charge in [-0.1, -0.05) is 0 Å². The fourth-order valence-corrected chi connectivity index (χ4v) is 3.37. The van der Waals surface area contributed by atoms with Crippen molar-refractivity contribution >= 4 is 30.0 Å². The van der Waals surface area contributed by atoms with Crippen molar-refractivity contribution in [3.63, 3.8) is 0 Å². The highest BCUT2D eigenvalue weighted by atomic mass is 16.2. The molecule has 0 saturated heterocycles. The van der Waals surface area contributed by atoms with E-state index in [1.807, 2.05) is 29.2 Å². The molecule has 2 heterocycles. The van der Waals surface area contributed by atoms with Crippen LogP contribution >= 0.6 is 0 Å². The third-order valence-corrected chi connectivity index (χ3v) is 4.89. The largest absolute Gasteiger partial charge is 0.390 e. The smallest absolute Gasteiger partial charge is 0.219 e. The van der Waals surface area contributed by atoms with Gasteiger partial charge in [0.2, 0.25) is 5.91 Å². The predicted molar refractivity (Wildman–Crippen MR) is 104 cm³/mol. The monoisotopic (exact) mass is 355 g/mol. The van der Waals surface area contributed by atoms with Crippen molar-refractivity contribution in [1.82, 2.24) is 14.9 Å². The first-order valence-corrected chi connectivity index (χ1v) is 8.57. The molecule has 1 unspecified atom stereocenters. The van der Waals surface area contributed by atoms with E-state index in [1.165, 1.54) is 23.9 Å². The summed E-state index contributed by atoms with van der Waals surface area (Å²) >= 11 is 0. The maximum absolute atomic E-state index is 11.8. The van der Waals surface area contributed by atoms with E-state index < -0.39 is 0 Å². The first-order chi connectivity index (χ1) is 12.5. The minimum absolute atomic E-state index is 0.0216. The lowest BCUT2D eigenvalue weighted by Gasteiger charge is -2.30.